The van der Waals surface area contributed by atoms with Crippen LogP contribution in [0.4, 0.5) is 0 Å². The van der Waals surface area contributed by atoms with Crippen molar-refractivity contribution >= 4 is 11.6 Å². The Kier molecular flexibility index (Phi) is 3.68. The molecule has 2 bridgehead atoms. The van der Waals surface area contributed by atoms with E-state index in [1.807, 2.05) is 12.1 Å². The first-order valence-corrected chi connectivity index (χ1v) is 7.71. The van der Waals surface area contributed by atoms with Gasteiger partial charge in [-0.1, -0.05) is 42.0 Å². The molecule has 2 aliphatic rings. The molecule has 0 saturated heterocycles. The van der Waals surface area contributed by atoms with Gasteiger partial charge in [-0.3, -0.25) is 0 Å². The van der Waals surface area contributed by atoms with Crippen LogP contribution >= 0.6 is 11.6 Å². The zero-order valence-electron chi connectivity index (χ0n) is 11.6. The van der Waals surface area contributed by atoms with E-state index in [4.69, 9.17) is 11.6 Å². The molecule has 5 atom stereocenters. The standard InChI is InChI=1S/C17H22ClN/c1-11(15-5-3-4-6-17(15)18)19-12(2)16-10-13-7-8-14(16)9-13/h3-8,11-14,16,19H,9-10H2,1-2H3/t11-,12?,13?,14?,16?/m1/s1. The van der Waals surface area contributed by atoms with Gasteiger partial charge in [0.25, 0.3) is 0 Å². The highest BCUT2D eigenvalue weighted by molar-refractivity contribution is 6.31. The zero-order chi connectivity index (χ0) is 13.4. The van der Waals surface area contributed by atoms with Crippen LogP contribution in [0.15, 0.2) is 36.4 Å². The van der Waals surface area contributed by atoms with E-state index in [0.29, 0.717) is 12.1 Å². The van der Waals surface area contributed by atoms with Crippen molar-refractivity contribution in [1.29, 1.82) is 0 Å². The minimum atomic E-state index is 0.312. The molecular weight excluding hydrogens is 254 g/mol. The predicted molar refractivity (Wildman–Crippen MR) is 81.3 cm³/mol. The number of halogens is 1. The molecule has 0 amide bonds. The molecule has 19 heavy (non-hydrogen) atoms. The van der Waals surface area contributed by atoms with Crippen LogP contribution in [0, 0.1) is 17.8 Å². The first-order chi connectivity index (χ1) is 9.15. The Labute approximate surface area is 121 Å². The second kappa shape index (κ2) is 5.30. The lowest BCUT2D eigenvalue weighted by Gasteiger charge is -2.29. The highest BCUT2D eigenvalue weighted by Gasteiger charge is 2.38. The quantitative estimate of drug-likeness (QED) is 0.793. The number of rotatable bonds is 4. The Morgan fingerprint density at radius 1 is 1.16 bits per heavy atom. The van der Waals surface area contributed by atoms with Gasteiger partial charge < -0.3 is 5.32 Å². The van der Waals surface area contributed by atoms with Crippen LogP contribution in [0.2, 0.25) is 5.02 Å². The third-order valence-electron chi connectivity index (χ3n) is 4.86. The van der Waals surface area contributed by atoms with Gasteiger partial charge in [-0.15, -0.1) is 0 Å². The summed E-state index contributed by atoms with van der Waals surface area (Å²) < 4.78 is 0. The summed E-state index contributed by atoms with van der Waals surface area (Å²) in [4.78, 5) is 0. The molecule has 2 aliphatic carbocycles. The van der Waals surface area contributed by atoms with Crippen LogP contribution in [-0.2, 0) is 0 Å². The van der Waals surface area contributed by atoms with E-state index >= 15 is 0 Å². The Morgan fingerprint density at radius 3 is 2.58 bits per heavy atom. The molecule has 102 valence electrons. The maximum absolute atomic E-state index is 6.27. The largest absolute Gasteiger partial charge is 0.307 e. The number of nitrogens with one attached hydrogen (secondary N) is 1. The van der Waals surface area contributed by atoms with Crippen molar-refractivity contribution < 1.29 is 0 Å². The summed E-state index contributed by atoms with van der Waals surface area (Å²) >= 11 is 6.27. The van der Waals surface area contributed by atoms with Crippen LogP contribution < -0.4 is 5.32 Å². The molecule has 1 saturated carbocycles. The number of benzene rings is 1. The highest BCUT2D eigenvalue weighted by atomic mass is 35.5. The SMILES string of the molecule is CC(N[C@H](C)c1ccccc1Cl)C1CC2C=CC1C2. The molecule has 1 aromatic rings. The van der Waals surface area contributed by atoms with E-state index in [0.717, 1.165) is 22.8 Å². The van der Waals surface area contributed by atoms with Crippen molar-refractivity contribution in [3.8, 4) is 0 Å². The molecule has 2 heteroatoms. The second-order valence-corrected chi connectivity index (χ2v) is 6.55. The molecule has 1 nitrogen and oxygen atoms in total. The second-order valence-electron chi connectivity index (χ2n) is 6.14. The molecule has 0 aliphatic heterocycles. The molecule has 0 heterocycles. The Bertz CT molecular complexity index is 482. The molecule has 0 aromatic heterocycles. The van der Waals surface area contributed by atoms with E-state index in [2.05, 4.69) is 43.4 Å². The van der Waals surface area contributed by atoms with E-state index in [9.17, 15) is 0 Å². The summed E-state index contributed by atoms with van der Waals surface area (Å²) in [5.41, 5.74) is 1.20. The van der Waals surface area contributed by atoms with Crippen LogP contribution in [0.25, 0.3) is 0 Å². The summed E-state index contributed by atoms with van der Waals surface area (Å²) in [6, 6.07) is 9.00. The first-order valence-electron chi connectivity index (χ1n) is 7.34. The smallest absolute Gasteiger partial charge is 0.0453 e. The third kappa shape index (κ3) is 2.59. The van der Waals surface area contributed by atoms with E-state index in [-0.39, 0.29) is 0 Å². The lowest BCUT2D eigenvalue weighted by atomic mass is 9.87. The average molecular weight is 276 g/mol. The summed E-state index contributed by atoms with van der Waals surface area (Å²) in [7, 11) is 0. The van der Waals surface area contributed by atoms with Crippen molar-refractivity contribution in [2.75, 3.05) is 0 Å². The molecule has 4 unspecified atom stereocenters. The topological polar surface area (TPSA) is 12.0 Å². The van der Waals surface area contributed by atoms with Crippen molar-refractivity contribution in [2.45, 2.75) is 38.8 Å². The Hall–Kier alpha value is -0.790. The van der Waals surface area contributed by atoms with Crippen molar-refractivity contribution in [2.24, 2.45) is 17.8 Å². The number of hydrogen-bond donors (Lipinski definition) is 1. The Morgan fingerprint density at radius 2 is 1.95 bits per heavy atom. The summed E-state index contributed by atoms with van der Waals surface area (Å²) in [5.74, 6) is 2.43. The van der Waals surface area contributed by atoms with E-state index in [1.165, 1.54) is 18.4 Å². The summed E-state index contributed by atoms with van der Waals surface area (Å²) in [6.07, 6.45) is 7.56. The van der Waals surface area contributed by atoms with Crippen molar-refractivity contribution in [3.63, 3.8) is 0 Å². The fraction of sp³-hybridized carbons (Fsp3) is 0.529. The van der Waals surface area contributed by atoms with Gasteiger partial charge in [0.2, 0.25) is 0 Å². The van der Waals surface area contributed by atoms with Crippen LogP contribution in [0.5, 0.6) is 0 Å². The average Bonchev–Trinajstić information content (AvgIpc) is 3.01. The van der Waals surface area contributed by atoms with Gasteiger partial charge in [0, 0.05) is 17.1 Å². The lowest BCUT2D eigenvalue weighted by Crippen LogP contribution is -2.37. The van der Waals surface area contributed by atoms with Crippen LogP contribution in [-0.4, -0.2) is 6.04 Å². The van der Waals surface area contributed by atoms with Gasteiger partial charge in [0.1, 0.15) is 0 Å². The van der Waals surface area contributed by atoms with E-state index in [1.54, 1.807) is 0 Å². The monoisotopic (exact) mass is 275 g/mol. The maximum atomic E-state index is 6.27. The molecule has 0 spiro atoms. The lowest BCUT2D eigenvalue weighted by molar-refractivity contribution is 0.307. The predicted octanol–water partition coefficient (Wildman–Crippen LogP) is 4.59. The van der Waals surface area contributed by atoms with E-state index < -0.39 is 0 Å². The van der Waals surface area contributed by atoms with Gasteiger partial charge >= 0.3 is 0 Å². The highest BCUT2D eigenvalue weighted by Crippen LogP contribution is 2.45. The molecular formula is C17H22ClN. The number of allylic oxidation sites excluding steroid dienone is 2. The third-order valence-corrected chi connectivity index (χ3v) is 5.20. The zero-order valence-corrected chi connectivity index (χ0v) is 12.4. The normalized spacial score (nSPS) is 31.6. The first kappa shape index (κ1) is 13.2. The van der Waals surface area contributed by atoms with Crippen molar-refractivity contribution in [3.05, 3.63) is 47.0 Å². The summed E-state index contributed by atoms with van der Waals surface area (Å²) in [5, 5.41) is 4.61. The van der Waals surface area contributed by atoms with Gasteiger partial charge in [-0.2, -0.15) is 0 Å². The van der Waals surface area contributed by atoms with Gasteiger partial charge in [0.15, 0.2) is 0 Å². The minimum Gasteiger partial charge on any atom is -0.307 e. The Balaban J connectivity index is 1.65. The van der Waals surface area contributed by atoms with Gasteiger partial charge in [-0.05, 0) is 56.1 Å². The fourth-order valence-electron chi connectivity index (χ4n) is 3.83. The van der Waals surface area contributed by atoms with Crippen LogP contribution in [0.1, 0.15) is 38.3 Å². The molecule has 0 radical (unpaired) electrons. The maximum Gasteiger partial charge on any atom is 0.0453 e. The molecule has 1 fully saturated rings. The number of fused-ring (bicyclic) bond motifs is 2. The van der Waals surface area contributed by atoms with Crippen LogP contribution in [0.3, 0.4) is 0 Å². The van der Waals surface area contributed by atoms with Gasteiger partial charge in [-0.25, -0.2) is 0 Å². The van der Waals surface area contributed by atoms with Gasteiger partial charge in [0.05, 0.1) is 0 Å². The number of hydrogen-bond acceptors (Lipinski definition) is 1. The molecule has 1 aromatic carbocycles. The minimum absolute atomic E-state index is 0.312. The molecule has 1 N–H and O–H groups in total. The summed E-state index contributed by atoms with van der Waals surface area (Å²) in [6.45, 7) is 4.54. The fourth-order valence-corrected chi connectivity index (χ4v) is 4.13. The van der Waals surface area contributed by atoms with Crippen molar-refractivity contribution in [1.82, 2.24) is 5.32 Å². The molecule has 3 rings (SSSR count).